The average Bonchev–Trinajstić information content (AvgIpc) is 3.28. The van der Waals surface area contributed by atoms with Crippen LogP contribution in [0.15, 0.2) is 47.3 Å². The fraction of sp³-hybridized carbons (Fsp3) is 0.286. The van der Waals surface area contributed by atoms with Crippen molar-refractivity contribution in [2.45, 2.75) is 12.8 Å². The zero-order chi connectivity index (χ0) is 19.7. The number of fused-ring (bicyclic) bond motifs is 1. The standard InChI is InChI=1S/C21H21N3O4/c1-27-15-11-14(12-16(13-15)28-2)24-20(25)18-8-4-3-7-17(18)19(22-24)21(26)23-9-5-6-10-23/h3-4,7-8,11-13H,5-6,9-10H2,1-2H3. The quantitative estimate of drug-likeness (QED) is 0.697. The monoisotopic (exact) mass is 379 g/mol. The van der Waals surface area contributed by atoms with E-state index in [1.54, 1.807) is 41.3 Å². The van der Waals surface area contributed by atoms with Gasteiger partial charge in [0, 0.05) is 36.7 Å². The van der Waals surface area contributed by atoms with Gasteiger partial charge in [-0.25, -0.2) is 0 Å². The molecule has 1 amide bonds. The first-order valence-electron chi connectivity index (χ1n) is 9.17. The Balaban J connectivity index is 1.96. The number of amides is 1. The first kappa shape index (κ1) is 18.0. The molecule has 1 fully saturated rings. The van der Waals surface area contributed by atoms with E-state index in [1.165, 1.54) is 18.9 Å². The number of hydrogen-bond donors (Lipinski definition) is 0. The number of rotatable bonds is 4. The smallest absolute Gasteiger partial charge is 0.279 e. The molecule has 4 rings (SSSR count). The Morgan fingerprint density at radius 3 is 2.18 bits per heavy atom. The van der Waals surface area contributed by atoms with Gasteiger partial charge in [-0.1, -0.05) is 18.2 Å². The lowest BCUT2D eigenvalue weighted by Crippen LogP contribution is -2.32. The van der Waals surface area contributed by atoms with E-state index >= 15 is 0 Å². The SMILES string of the molecule is COc1cc(OC)cc(-n2nc(C(=O)N3CCCC3)c3ccccc3c2=O)c1. The molecule has 0 spiro atoms. The predicted molar refractivity (Wildman–Crippen MR) is 106 cm³/mol. The number of methoxy groups -OCH3 is 2. The van der Waals surface area contributed by atoms with Gasteiger partial charge in [0.2, 0.25) is 0 Å². The lowest BCUT2D eigenvalue weighted by molar-refractivity contribution is 0.0787. The second kappa shape index (κ2) is 7.34. The van der Waals surface area contributed by atoms with Gasteiger partial charge in [0.15, 0.2) is 5.69 Å². The molecule has 0 atom stereocenters. The molecule has 0 N–H and O–H groups in total. The summed E-state index contributed by atoms with van der Waals surface area (Å²) in [6, 6.07) is 12.2. The minimum absolute atomic E-state index is 0.155. The van der Waals surface area contributed by atoms with Crippen molar-refractivity contribution in [3.63, 3.8) is 0 Å². The van der Waals surface area contributed by atoms with Crippen molar-refractivity contribution >= 4 is 16.7 Å². The first-order chi connectivity index (χ1) is 13.6. The number of aromatic nitrogens is 2. The van der Waals surface area contributed by atoms with Gasteiger partial charge in [-0.15, -0.1) is 0 Å². The third kappa shape index (κ3) is 3.09. The summed E-state index contributed by atoms with van der Waals surface area (Å²) in [6.45, 7) is 1.42. The summed E-state index contributed by atoms with van der Waals surface area (Å²) in [6.07, 6.45) is 1.97. The molecule has 1 aromatic heterocycles. The van der Waals surface area contributed by atoms with Crippen molar-refractivity contribution in [1.82, 2.24) is 14.7 Å². The highest BCUT2D eigenvalue weighted by atomic mass is 16.5. The molecule has 0 unspecified atom stereocenters. The van der Waals surface area contributed by atoms with Crippen LogP contribution in [0, 0.1) is 0 Å². The molecular formula is C21H21N3O4. The van der Waals surface area contributed by atoms with Crippen LogP contribution in [-0.2, 0) is 0 Å². The van der Waals surface area contributed by atoms with E-state index in [0.717, 1.165) is 12.8 Å². The summed E-state index contributed by atoms with van der Waals surface area (Å²) in [5.41, 5.74) is 0.449. The maximum Gasteiger partial charge on any atom is 0.279 e. The summed E-state index contributed by atoms with van der Waals surface area (Å²) in [7, 11) is 3.08. The fourth-order valence-electron chi connectivity index (χ4n) is 3.51. The number of carbonyl (C=O) groups excluding carboxylic acids is 1. The van der Waals surface area contributed by atoms with Crippen LogP contribution >= 0.6 is 0 Å². The van der Waals surface area contributed by atoms with E-state index in [9.17, 15) is 9.59 Å². The van der Waals surface area contributed by atoms with Crippen LogP contribution in [0.4, 0.5) is 0 Å². The van der Waals surface area contributed by atoms with Crippen molar-refractivity contribution in [3.05, 3.63) is 58.5 Å². The second-order valence-electron chi connectivity index (χ2n) is 6.68. The van der Waals surface area contributed by atoms with Crippen molar-refractivity contribution in [1.29, 1.82) is 0 Å². The number of likely N-dealkylation sites (tertiary alicyclic amines) is 1. The zero-order valence-electron chi connectivity index (χ0n) is 15.8. The Labute approximate surface area is 162 Å². The summed E-state index contributed by atoms with van der Waals surface area (Å²) < 4.78 is 11.9. The number of nitrogens with zero attached hydrogens (tertiary/aromatic N) is 3. The topological polar surface area (TPSA) is 73.7 Å². The van der Waals surface area contributed by atoms with Gasteiger partial charge in [-0.2, -0.15) is 9.78 Å². The molecule has 0 saturated carbocycles. The predicted octanol–water partition coefficient (Wildman–Crippen LogP) is 2.64. The first-order valence-corrected chi connectivity index (χ1v) is 9.17. The van der Waals surface area contributed by atoms with E-state index in [1.807, 2.05) is 6.07 Å². The molecule has 0 radical (unpaired) electrons. The van der Waals surface area contributed by atoms with Crippen LogP contribution in [0.1, 0.15) is 23.3 Å². The third-order valence-electron chi connectivity index (χ3n) is 4.98. The van der Waals surface area contributed by atoms with Crippen LogP contribution in [0.5, 0.6) is 11.5 Å². The Kier molecular flexibility index (Phi) is 4.73. The van der Waals surface area contributed by atoms with Crippen molar-refractivity contribution in [3.8, 4) is 17.2 Å². The molecule has 2 heterocycles. The molecule has 1 saturated heterocycles. The Morgan fingerprint density at radius 1 is 0.964 bits per heavy atom. The molecule has 0 aliphatic carbocycles. The lowest BCUT2D eigenvalue weighted by atomic mass is 10.1. The Morgan fingerprint density at radius 2 is 1.57 bits per heavy atom. The molecule has 144 valence electrons. The van der Waals surface area contributed by atoms with Crippen molar-refractivity contribution in [2.24, 2.45) is 0 Å². The number of ether oxygens (including phenoxy) is 2. The average molecular weight is 379 g/mol. The highest BCUT2D eigenvalue weighted by molar-refractivity contribution is 6.04. The van der Waals surface area contributed by atoms with Gasteiger partial charge in [-0.05, 0) is 18.9 Å². The molecule has 0 bridgehead atoms. The maximum absolute atomic E-state index is 13.1. The van der Waals surface area contributed by atoms with Gasteiger partial charge in [0.05, 0.1) is 25.3 Å². The Hall–Kier alpha value is -3.35. The molecular weight excluding hydrogens is 358 g/mol. The van der Waals surface area contributed by atoms with Crippen molar-refractivity contribution in [2.75, 3.05) is 27.3 Å². The maximum atomic E-state index is 13.1. The number of hydrogen-bond acceptors (Lipinski definition) is 5. The Bertz CT molecular complexity index is 1080. The minimum Gasteiger partial charge on any atom is -0.497 e. The van der Waals surface area contributed by atoms with Gasteiger partial charge in [-0.3, -0.25) is 9.59 Å². The largest absolute Gasteiger partial charge is 0.497 e. The molecule has 7 nitrogen and oxygen atoms in total. The normalized spacial score (nSPS) is 13.7. The molecule has 1 aliphatic heterocycles. The summed E-state index contributed by atoms with van der Waals surface area (Å²) in [4.78, 5) is 28.0. The van der Waals surface area contributed by atoms with Gasteiger partial charge in [0.1, 0.15) is 11.5 Å². The van der Waals surface area contributed by atoms with Crippen LogP contribution in [0.2, 0.25) is 0 Å². The van der Waals surface area contributed by atoms with E-state index < -0.39 is 0 Å². The van der Waals surface area contributed by atoms with Crippen molar-refractivity contribution < 1.29 is 14.3 Å². The molecule has 3 aromatic rings. The lowest BCUT2D eigenvalue weighted by Gasteiger charge is -2.17. The van der Waals surface area contributed by atoms with E-state index in [4.69, 9.17) is 9.47 Å². The number of benzene rings is 2. The molecule has 1 aliphatic rings. The van der Waals surface area contributed by atoms with Crippen LogP contribution in [0.3, 0.4) is 0 Å². The van der Waals surface area contributed by atoms with E-state index in [2.05, 4.69) is 5.10 Å². The highest BCUT2D eigenvalue weighted by Gasteiger charge is 2.24. The van der Waals surface area contributed by atoms with E-state index in [-0.39, 0.29) is 17.2 Å². The summed E-state index contributed by atoms with van der Waals surface area (Å²) in [5, 5.41) is 5.48. The van der Waals surface area contributed by atoms with Crippen LogP contribution in [-0.4, -0.2) is 47.9 Å². The summed E-state index contributed by atoms with van der Waals surface area (Å²) in [5.74, 6) is 0.907. The fourth-order valence-corrected chi connectivity index (χ4v) is 3.51. The molecule has 2 aromatic carbocycles. The molecule has 7 heteroatoms. The van der Waals surface area contributed by atoms with E-state index in [0.29, 0.717) is 41.0 Å². The zero-order valence-corrected chi connectivity index (χ0v) is 15.8. The summed E-state index contributed by atoms with van der Waals surface area (Å²) >= 11 is 0. The van der Waals surface area contributed by atoms with Crippen LogP contribution in [0.25, 0.3) is 16.5 Å². The molecule has 28 heavy (non-hydrogen) atoms. The van der Waals surface area contributed by atoms with Gasteiger partial charge in [0.25, 0.3) is 11.5 Å². The van der Waals surface area contributed by atoms with Gasteiger partial charge < -0.3 is 14.4 Å². The second-order valence-corrected chi connectivity index (χ2v) is 6.68. The highest BCUT2D eigenvalue weighted by Crippen LogP contribution is 2.25. The van der Waals surface area contributed by atoms with Gasteiger partial charge >= 0.3 is 0 Å². The van der Waals surface area contributed by atoms with Crippen LogP contribution < -0.4 is 15.0 Å². The number of carbonyl (C=O) groups is 1. The minimum atomic E-state index is -0.302. The third-order valence-corrected chi connectivity index (χ3v) is 4.98.